The first-order valence-corrected chi connectivity index (χ1v) is 5.89. The van der Waals surface area contributed by atoms with Crippen LogP contribution in [0.15, 0.2) is 0 Å². The van der Waals surface area contributed by atoms with Gasteiger partial charge in [-0.1, -0.05) is 6.92 Å². The van der Waals surface area contributed by atoms with Gasteiger partial charge in [-0.15, -0.1) is 0 Å². The van der Waals surface area contributed by atoms with Gasteiger partial charge in [0.05, 0.1) is 12.2 Å². The Bertz CT molecular complexity index is 269. The summed E-state index contributed by atoms with van der Waals surface area (Å²) in [5.41, 5.74) is 1.87. The van der Waals surface area contributed by atoms with E-state index in [-0.39, 0.29) is 0 Å². The van der Waals surface area contributed by atoms with Crippen molar-refractivity contribution < 1.29 is 4.74 Å². The van der Waals surface area contributed by atoms with Gasteiger partial charge in [0, 0.05) is 5.41 Å². The van der Waals surface area contributed by atoms with Crippen LogP contribution in [0.25, 0.3) is 0 Å². The average Bonchev–Trinajstić information content (AvgIpc) is 2.97. The van der Waals surface area contributed by atoms with E-state index in [1.54, 1.807) is 0 Å². The standard InChI is InChI=1S/C12H18O/c1-9-8-13-12(6-7-12)11(4-5-11)10(9)2-3-10/h9H,2-8H2,1H3/t9-/m1/s1. The van der Waals surface area contributed by atoms with Crippen LogP contribution >= 0.6 is 0 Å². The van der Waals surface area contributed by atoms with Gasteiger partial charge >= 0.3 is 0 Å². The summed E-state index contributed by atoms with van der Waals surface area (Å²) >= 11 is 0. The van der Waals surface area contributed by atoms with E-state index < -0.39 is 0 Å². The minimum absolute atomic E-state index is 0.413. The van der Waals surface area contributed by atoms with Gasteiger partial charge in [0.25, 0.3) is 0 Å². The van der Waals surface area contributed by atoms with Crippen LogP contribution in [0.2, 0.25) is 0 Å². The highest BCUT2D eigenvalue weighted by atomic mass is 16.5. The lowest BCUT2D eigenvalue weighted by Gasteiger charge is -2.44. The van der Waals surface area contributed by atoms with Crippen LogP contribution in [0, 0.1) is 16.7 Å². The van der Waals surface area contributed by atoms with Gasteiger partial charge in [0.1, 0.15) is 0 Å². The van der Waals surface area contributed by atoms with E-state index >= 15 is 0 Å². The zero-order valence-corrected chi connectivity index (χ0v) is 8.44. The first-order chi connectivity index (χ1) is 6.25. The Hall–Kier alpha value is -0.0400. The molecule has 72 valence electrons. The quantitative estimate of drug-likeness (QED) is 0.554. The predicted molar refractivity (Wildman–Crippen MR) is 50.4 cm³/mol. The molecular formula is C12H18O. The first kappa shape index (κ1) is 7.28. The normalized spacial score (nSPS) is 45.5. The molecular weight excluding hydrogens is 160 g/mol. The van der Waals surface area contributed by atoms with Gasteiger partial charge in [-0.3, -0.25) is 0 Å². The summed E-state index contributed by atoms with van der Waals surface area (Å²) in [5, 5.41) is 0. The highest BCUT2D eigenvalue weighted by Gasteiger charge is 2.80. The van der Waals surface area contributed by atoms with Crippen LogP contribution in [0.1, 0.15) is 45.4 Å². The molecule has 3 spiro atoms. The van der Waals surface area contributed by atoms with Gasteiger partial charge in [-0.05, 0) is 49.9 Å². The maximum atomic E-state index is 6.14. The zero-order chi connectivity index (χ0) is 8.73. The molecule has 3 aliphatic carbocycles. The zero-order valence-electron chi connectivity index (χ0n) is 8.44. The van der Waals surface area contributed by atoms with Crippen LogP contribution in [-0.4, -0.2) is 12.2 Å². The summed E-state index contributed by atoms with van der Waals surface area (Å²) in [6.45, 7) is 3.48. The summed E-state index contributed by atoms with van der Waals surface area (Å²) in [4.78, 5) is 0. The van der Waals surface area contributed by atoms with Gasteiger partial charge in [0.2, 0.25) is 0 Å². The van der Waals surface area contributed by atoms with E-state index in [1.807, 2.05) is 0 Å². The van der Waals surface area contributed by atoms with E-state index in [0.717, 1.165) is 17.9 Å². The highest BCUT2D eigenvalue weighted by Crippen LogP contribution is 2.83. The molecule has 0 bridgehead atoms. The molecule has 13 heavy (non-hydrogen) atoms. The summed E-state index contributed by atoms with van der Waals surface area (Å²) < 4.78 is 6.14. The fourth-order valence-electron chi connectivity index (χ4n) is 4.43. The van der Waals surface area contributed by atoms with Crippen molar-refractivity contribution in [3.05, 3.63) is 0 Å². The van der Waals surface area contributed by atoms with Crippen LogP contribution in [0.5, 0.6) is 0 Å². The molecule has 0 amide bonds. The van der Waals surface area contributed by atoms with Gasteiger partial charge in [-0.2, -0.15) is 0 Å². The van der Waals surface area contributed by atoms with E-state index in [1.165, 1.54) is 38.5 Å². The number of hydrogen-bond acceptors (Lipinski definition) is 1. The molecule has 0 aromatic rings. The van der Waals surface area contributed by atoms with Crippen molar-refractivity contribution in [1.29, 1.82) is 0 Å². The minimum Gasteiger partial charge on any atom is -0.374 e. The molecule has 0 N–H and O–H groups in total. The average molecular weight is 178 g/mol. The van der Waals surface area contributed by atoms with Crippen molar-refractivity contribution in [2.45, 2.75) is 51.0 Å². The molecule has 1 aliphatic heterocycles. The number of rotatable bonds is 0. The fourth-order valence-corrected chi connectivity index (χ4v) is 4.43. The number of ether oxygens (including phenoxy) is 1. The minimum atomic E-state index is 0.413. The van der Waals surface area contributed by atoms with Crippen LogP contribution in [0.4, 0.5) is 0 Å². The Morgan fingerprint density at radius 3 is 2.15 bits per heavy atom. The highest BCUT2D eigenvalue weighted by molar-refractivity contribution is 5.29. The van der Waals surface area contributed by atoms with Gasteiger partial charge < -0.3 is 4.74 Å². The van der Waals surface area contributed by atoms with Crippen LogP contribution < -0.4 is 0 Å². The van der Waals surface area contributed by atoms with Crippen molar-refractivity contribution in [1.82, 2.24) is 0 Å². The summed E-state index contributed by atoms with van der Waals surface area (Å²) in [7, 11) is 0. The van der Waals surface area contributed by atoms with Crippen molar-refractivity contribution >= 4 is 0 Å². The Balaban J connectivity index is 1.81. The Morgan fingerprint density at radius 2 is 1.69 bits per heavy atom. The second kappa shape index (κ2) is 1.71. The molecule has 4 rings (SSSR count). The molecule has 4 fully saturated rings. The Kier molecular flexibility index (Phi) is 0.959. The van der Waals surface area contributed by atoms with E-state index in [0.29, 0.717) is 11.0 Å². The molecule has 0 unspecified atom stereocenters. The topological polar surface area (TPSA) is 9.23 Å². The monoisotopic (exact) mass is 178 g/mol. The molecule has 0 aromatic carbocycles. The van der Waals surface area contributed by atoms with E-state index in [2.05, 4.69) is 6.92 Å². The molecule has 1 heterocycles. The van der Waals surface area contributed by atoms with E-state index in [4.69, 9.17) is 4.74 Å². The van der Waals surface area contributed by atoms with Gasteiger partial charge in [-0.25, -0.2) is 0 Å². The summed E-state index contributed by atoms with van der Waals surface area (Å²) in [6, 6.07) is 0. The fraction of sp³-hybridized carbons (Fsp3) is 1.00. The van der Waals surface area contributed by atoms with Crippen LogP contribution in [-0.2, 0) is 4.74 Å². The summed E-state index contributed by atoms with van der Waals surface area (Å²) in [5.74, 6) is 0.848. The number of fused-ring (bicyclic) bond motifs is 2. The van der Waals surface area contributed by atoms with E-state index in [9.17, 15) is 0 Å². The van der Waals surface area contributed by atoms with Crippen molar-refractivity contribution in [2.75, 3.05) is 6.61 Å². The second-order valence-corrected chi connectivity index (χ2v) is 5.94. The molecule has 1 nitrogen and oxygen atoms in total. The molecule has 0 aromatic heterocycles. The maximum Gasteiger partial charge on any atom is 0.0746 e. The smallest absolute Gasteiger partial charge is 0.0746 e. The molecule has 0 radical (unpaired) electrons. The SMILES string of the molecule is C[C@@H]1COC2(CC2)C2(CC2)C12CC2. The van der Waals surface area contributed by atoms with Crippen molar-refractivity contribution in [2.24, 2.45) is 16.7 Å². The third-order valence-corrected chi connectivity index (χ3v) is 5.62. The third kappa shape index (κ3) is 0.587. The largest absolute Gasteiger partial charge is 0.374 e. The molecule has 1 heteroatoms. The predicted octanol–water partition coefficient (Wildman–Crippen LogP) is 2.75. The molecule has 1 saturated heterocycles. The van der Waals surface area contributed by atoms with Gasteiger partial charge in [0.15, 0.2) is 0 Å². The lowest BCUT2D eigenvalue weighted by molar-refractivity contribution is -0.131. The number of hydrogen-bond donors (Lipinski definition) is 0. The second-order valence-electron chi connectivity index (χ2n) is 5.94. The van der Waals surface area contributed by atoms with Crippen LogP contribution in [0.3, 0.4) is 0 Å². The first-order valence-electron chi connectivity index (χ1n) is 5.89. The molecule has 4 aliphatic rings. The third-order valence-electron chi connectivity index (χ3n) is 5.62. The van der Waals surface area contributed by atoms with Crippen molar-refractivity contribution in [3.63, 3.8) is 0 Å². The lowest BCUT2D eigenvalue weighted by Crippen LogP contribution is -2.46. The van der Waals surface area contributed by atoms with Crippen molar-refractivity contribution in [3.8, 4) is 0 Å². The maximum absolute atomic E-state index is 6.14. The Morgan fingerprint density at radius 1 is 1.00 bits per heavy atom. The lowest BCUT2D eigenvalue weighted by atomic mass is 9.70. The summed E-state index contributed by atoms with van der Waals surface area (Å²) in [6.07, 6.45) is 8.75. The molecule has 1 atom stereocenters. The Labute approximate surface area is 79.8 Å². The molecule has 3 saturated carbocycles.